The summed E-state index contributed by atoms with van der Waals surface area (Å²) in [7, 11) is 0. The number of amides is 2. The number of hydrogen-bond donors (Lipinski definition) is 2. The Morgan fingerprint density at radius 1 is 0.647 bits per heavy atom. The van der Waals surface area contributed by atoms with Gasteiger partial charge in [-0.3, -0.25) is 0 Å². The highest BCUT2D eigenvalue weighted by atomic mass is 19.4. The minimum atomic E-state index is -4.78. The summed E-state index contributed by atoms with van der Waals surface area (Å²) in [5, 5.41) is 5.36. The summed E-state index contributed by atoms with van der Waals surface area (Å²) in [6.07, 6.45) is -4.78. The van der Waals surface area contributed by atoms with Gasteiger partial charge in [-0.25, -0.2) is 4.79 Å². The van der Waals surface area contributed by atoms with E-state index in [0.717, 1.165) is 29.0 Å². The molecule has 0 aromatic heterocycles. The number of alkyl halides is 3. The summed E-state index contributed by atoms with van der Waals surface area (Å²) in [6.45, 7) is 0. The lowest BCUT2D eigenvalue weighted by molar-refractivity contribution is -0.274. The van der Waals surface area contributed by atoms with Crippen LogP contribution in [0, 0.1) is 0 Å². The van der Waals surface area contributed by atoms with E-state index < -0.39 is 12.4 Å². The number of nitrogens with one attached hydrogen (secondary N) is 2. The Morgan fingerprint density at radius 3 is 1.91 bits per heavy atom. The smallest absolute Gasteiger partial charge is 0.457 e. The zero-order chi connectivity index (χ0) is 24.0. The van der Waals surface area contributed by atoms with Gasteiger partial charge in [0.2, 0.25) is 0 Å². The molecule has 0 aliphatic carbocycles. The molecule has 0 saturated carbocycles. The first-order valence-electron chi connectivity index (χ1n) is 10.2. The molecule has 0 unspecified atom stereocenters. The van der Waals surface area contributed by atoms with Crippen LogP contribution in [0.2, 0.25) is 0 Å². The van der Waals surface area contributed by atoms with Gasteiger partial charge in [-0.1, -0.05) is 48.5 Å². The van der Waals surface area contributed by atoms with Crippen LogP contribution >= 0.6 is 0 Å². The number of halogens is 3. The molecule has 4 aromatic rings. The van der Waals surface area contributed by atoms with Crippen molar-refractivity contribution in [1.29, 1.82) is 0 Å². The summed E-state index contributed by atoms with van der Waals surface area (Å²) < 4.78 is 46.5. The Bertz CT molecular complexity index is 1240. The molecule has 5 nitrogen and oxygen atoms in total. The predicted molar refractivity (Wildman–Crippen MR) is 124 cm³/mol. The number of urea groups is 1. The normalized spacial score (nSPS) is 10.9. The Hall–Kier alpha value is -4.46. The van der Waals surface area contributed by atoms with Crippen molar-refractivity contribution in [2.24, 2.45) is 0 Å². The highest BCUT2D eigenvalue weighted by Crippen LogP contribution is 2.31. The maximum atomic E-state index is 12.5. The second-order valence-electron chi connectivity index (χ2n) is 7.14. The van der Waals surface area contributed by atoms with Crippen molar-refractivity contribution in [3.8, 4) is 28.4 Å². The SMILES string of the molecule is O=C(Nc1ccc(OC(F)(F)F)cc1)Nc1ccccc1-c1ccc(Oc2ccccc2)cc1. The molecule has 0 aliphatic heterocycles. The molecule has 0 atom stereocenters. The van der Waals surface area contributed by atoms with Gasteiger partial charge in [0.15, 0.2) is 0 Å². The van der Waals surface area contributed by atoms with Gasteiger partial charge in [0.05, 0.1) is 5.69 Å². The van der Waals surface area contributed by atoms with Crippen LogP contribution < -0.4 is 20.1 Å². The molecule has 0 spiro atoms. The molecule has 0 aliphatic rings. The molecule has 8 heteroatoms. The van der Waals surface area contributed by atoms with E-state index in [2.05, 4.69) is 15.4 Å². The van der Waals surface area contributed by atoms with Gasteiger partial charge in [-0.2, -0.15) is 0 Å². The van der Waals surface area contributed by atoms with Gasteiger partial charge in [0.1, 0.15) is 17.2 Å². The maximum Gasteiger partial charge on any atom is 0.573 e. The highest BCUT2D eigenvalue weighted by Gasteiger charge is 2.30. The number of hydrogen-bond acceptors (Lipinski definition) is 3. The van der Waals surface area contributed by atoms with Crippen LogP contribution in [-0.4, -0.2) is 12.4 Å². The molecule has 34 heavy (non-hydrogen) atoms. The highest BCUT2D eigenvalue weighted by molar-refractivity contribution is 6.02. The number of anilines is 2. The maximum absolute atomic E-state index is 12.5. The standard InChI is InChI=1S/C26H19F3N2O3/c27-26(28,29)34-22-16-12-19(13-17-22)30-25(32)31-24-9-5-4-8-23(24)18-10-14-21(15-11-18)33-20-6-2-1-3-7-20/h1-17H,(H2,30,31,32). The summed E-state index contributed by atoms with van der Waals surface area (Å²) in [5.74, 6) is 1.03. The number of para-hydroxylation sites is 2. The number of ether oxygens (including phenoxy) is 2. The second kappa shape index (κ2) is 9.99. The Labute approximate surface area is 193 Å². The number of carbonyl (C=O) groups is 1. The lowest BCUT2D eigenvalue weighted by Gasteiger charge is -2.13. The van der Waals surface area contributed by atoms with E-state index in [4.69, 9.17) is 4.74 Å². The third-order valence-corrected chi connectivity index (χ3v) is 4.67. The first-order chi connectivity index (χ1) is 16.4. The average Bonchev–Trinajstić information content (AvgIpc) is 2.81. The monoisotopic (exact) mass is 464 g/mol. The largest absolute Gasteiger partial charge is 0.573 e. The van der Waals surface area contributed by atoms with Crippen molar-refractivity contribution in [2.45, 2.75) is 6.36 Å². The molecule has 0 heterocycles. The van der Waals surface area contributed by atoms with Crippen LogP contribution in [-0.2, 0) is 0 Å². The van der Waals surface area contributed by atoms with Gasteiger partial charge in [-0.05, 0) is 60.2 Å². The van der Waals surface area contributed by atoms with Gasteiger partial charge < -0.3 is 20.1 Å². The van der Waals surface area contributed by atoms with Crippen molar-refractivity contribution in [1.82, 2.24) is 0 Å². The van der Waals surface area contributed by atoms with E-state index in [1.165, 1.54) is 12.1 Å². The van der Waals surface area contributed by atoms with Crippen LogP contribution in [0.1, 0.15) is 0 Å². The van der Waals surface area contributed by atoms with E-state index in [0.29, 0.717) is 17.1 Å². The fourth-order valence-corrected chi connectivity index (χ4v) is 3.20. The second-order valence-corrected chi connectivity index (χ2v) is 7.14. The van der Waals surface area contributed by atoms with Crippen molar-refractivity contribution in [2.75, 3.05) is 10.6 Å². The fourth-order valence-electron chi connectivity index (χ4n) is 3.20. The van der Waals surface area contributed by atoms with E-state index >= 15 is 0 Å². The van der Waals surface area contributed by atoms with E-state index in [-0.39, 0.29) is 5.75 Å². The summed E-state index contributed by atoms with van der Waals surface area (Å²) in [6, 6.07) is 28.5. The van der Waals surface area contributed by atoms with E-state index in [1.807, 2.05) is 66.7 Å². The molecule has 2 amide bonds. The molecule has 0 saturated heterocycles. The molecule has 4 rings (SSSR count). The van der Waals surface area contributed by atoms with E-state index in [1.54, 1.807) is 12.1 Å². The molecule has 0 bridgehead atoms. The summed E-state index contributed by atoms with van der Waals surface area (Å²) in [4.78, 5) is 12.5. The fraction of sp³-hybridized carbons (Fsp3) is 0.0385. The molecule has 2 N–H and O–H groups in total. The van der Waals surface area contributed by atoms with Crippen LogP contribution in [0.15, 0.2) is 103 Å². The van der Waals surface area contributed by atoms with Crippen molar-refractivity contribution in [3.05, 3.63) is 103 Å². The van der Waals surface area contributed by atoms with Crippen molar-refractivity contribution >= 4 is 17.4 Å². The third-order valence-electron chi connectivity index (χ3n) is 4.67. The molecular formula is C26H19F3N2O3. The molecule has 172 valence electrons. The van der Waals surface area contributed by atoms with E-state index in [9.17, 15) is 18.0 Å². The van der Waals surface area contributed by atoms with Gasteiger partial charge in [0.25, 0.3) is 0 Å². The van der Waals surface area contributed by atoms with Crippen molar-refractivity contribution in [3.63, 3.8) is 0 Å². The molecule has 0 radical (unpaired) electrons. The number of rotatable bonds is 6. The first kappa shape index (κ1) is 22.7. The lowest BCUT2D eigenvalue weighted by atomic mass is 10.0. The number of carbonyl (C=O) groups excluding carboxylic acids is 1. The van der Waals surface area contributed by atoms with Gasteiger partial charge in [-0.15, -0.1) is 13.2 Å². The quantitative estimate of drug-likeness (QED) is 0.308. The Kier molecular flexibility index (Phi) is 6.68. The zero-order valence-electron chi connectivity index (χ0n) is 17.7. The number of benzene rings is 4. The average molecular weight is 464 g/mol. The predicted octanol–water partition coefficient (Wildman–Crippen LogP) is 7.69. The Balaban J connectivity index is 1.42. The summed E-state index contributed by atoms with van der Waals surface area (Å²) >= 11 is 0. The van der Waals surface area contributed by atoms with Crippen LogP contribution in [0.25, 0.3) is 11.1 Å². The topological polar surface area (TPSA) is 59.6 Å². The summed E-state index contributed by atoms with van der Waals surface area (Å²) in [5.41, 5.74) is 2.53. The Morgan fingerprint density at radius 2 is 1.24 bits per heavy atom. The minimum absolute atomic E-state index is 0.312. The minimum Gasteiger partial charge on any atom is -0.457 e. The third kappa shape index (κ3) is 6.29. The van der Waals surface area contributed by atoms with Crippen LogP contribution in [0.3, 0.4) is 0 Å². The molecule has 0 fully saturated rings. The molecular weight excluding hydrogens is 445 g/mol. The van der Waals surface area contributed by atoms with Crippen LogP contribution in [0.5, 0.6) is 17.2 Å². The van der Waals surface area contributed by atoms with Crippen LogP contribution in [0.4, 0.5) is 29.3 Å². The van der Waals surface area contributed by atoms with Gasteiger partial charge >= 0.3 is 12.4 Å². The van der Waals surface area contributed by atoms with Crippen molar-refractivity contribution < 1.29 is 27.4 Å². The van der Waals surface area contributed by atoms with Gasteiger partial charge in [0, 0.05) is 11.3 Å². The zero-order valence-corrected chi connectivity index (χ0v) is 17.7. The first-order valence-corrected chi connectivity index (χ1v) is 10.2. The lowest BCUT2D eigenvalue weighted by Crippen LogP contribution is -2.20. The molecule has 4 aromatic carbocycles.